The lowest BCUT2D eigenvalue weighted by molar-refractivity contribution is 0.0950. The first-order valence-corrected chi connectivity index (χ1v) is 8.52. The maximum absolute atomic E-state index is 12.3. The smallest absolute Gasteiger partial charge is 0.251 e. The number of ether oxygens (including phenoxy) is 2. The van der Waals surface area contributed by atoms with Crippen molar-refractivity contribution in [1.82, 2.24) is 10.6 Å². The SMILES string of the molecule is CCOc1c(Cl)cc(C(=O)NCCC2CCCNC2)cc1OC.Cl. The van der Waals surface area contributed by atoms with Gasteiger partial charge in [-0.15, -0.1) is 12.4 Å². The average molecular weight is 377 g/mol. The minimum atomic E-state index is -0.142. The van der Waals surface area contributed by atoms with Crippen molar-refractivity contribution >= 4 is 29.9 Å². The van der Waals surface area contributed by atoms with Crippen molar-refractivity contribution in [2.75, 3.05) is 33.4 Å². The Kier molecular flexibility index (Phi) is 9.26. The number of carbonyl (C=O) groups is 1. The molecule has 1 heterocycles. The summed E-state index contributed by atoms with van der Waals surface area (Å²) >= 11 is 6.20. The van der Waals surface area contributed by atoms with Crippen LogP contribution >= 0.6 is 24.0 Å². The number of nitrogens with one attached hydrogen (secondary N) is 2. The molecule has 1 unspecified atom stereocenters. The highest BCUT2D eigenvalue weighted by molar-refractivity contribution is 6.32. The van der Waals surface area contributed by atoms with Crippen LogP contribution in [0.5, 0.6) is 11.5 Å². The molecule has 1 aromatic carbocycles. The third-order valence-corrected chi connectivity index (χ3v) is 4.30. The highest BCUT2D eigenvalue weighted by atomic mass is 35.5. The molecule has 0 spiro atoms. The lowest BCUT2D eigenvalue weighted by atomic mass is 9.96. The van der Waals surface area contributed by atoms with Crippen LogP contribution in [0, 0.1) is 5.92 Å². The van der Waals surface area contributed by atoms with Crippen LogP contribution in [-0.4, -0.2) is 39.3 Å². The van der Waals surface area contributed by atoms with Gasteiger partial charge in [0.15, 0.2) is 11.5 Å². The van der Waals surface area contributed by atoms with Crippen molar-refractivity contribution in [3.8, 4) is 11.5 Å². The third kappa shape index (κ3) is 5.72. The van der Waals surface area contributed by atoms with E-state index in [-0.39, 0.29) is 18.3 Å². The molecule has 0 radical (unpaired) electrons. The van der Waals surface area contributed by atoms with Crippen LogP contribution in [0.1, 0.15) is 36.5 Å². The van der Waals surface area contributed by atoms with Gasteiger partial charge in [0, 0.05) is 12.1 Å². The molecule has 1 fully saturated rings. The second-order valence-electron chi connectivity index (χ2n) is 5.68. The molecule has 1 amide bonds. The van der Waals surface area contributed by atoms with Gasteiger partial charge < -0.3 is 20.1 Å². The minimum Gasteiger partial charge on any atom is -0.493 e. The van der Waals surface area contributed by atoms with E-state index in [9.17, 15) is 4.79 Å². The van der Waals surface area contributed by atoms with Crippen LogP contribution < -0.4 is 20.1 Å². The molecule has 1 aliphatic rings. The standard InChI is InChI=1S/C17H25ClN2O3.ClH/c1-3-23-16-14(18)9-13(10-15(16)22-2)17(21)20-8-6-12-5-4-7-19-11-12;/h9-10,12,19H,3-8,11H2,1-2H3,(H,20,21);1H. The number of hydrogen-bond donors (Lipinski definition) is 2. The van der Waals surface area contributed by atoms with Crippen molar-refractivity contribution in [3.63, 3.8) is 0 Å². The summed E-state index contributed by atoms with van der Waals surface area (Å²) in [6.07, 6.45) is 3.43. The monoisotopic (exact) mass is 376 g/mol. The number of methoxy groups -OCH3 is 1. The number of amides is 1. The first kappa shape index (κ1) is 20.9. The fraction of sp³-hybridized carbons (Fsp3) is 0.588. The van der Waals surface area contributed by atoms with Gasteiger partial charge in [-0.1, -0.05) is 11.6 Å². The van der Waals surface area contributed by atoms with E-state index in [1.54, 1.807) is 12.1 Å². The van der Waals surface area contributed by atoms with Crippen LogP contribution in [0.4, 0.5) is 0 Å². The van der Waals surface area contributed by atoms with Crippen LogP contribution in [-0.2, 0) is 0 Å². The van der Waals surface area contributed by atoms with Gasteiger partial charge in [-0.25, -0.2) is 0 Å². The normalized spacial score (nSPS) is 16.9. The van der Waals surface area contributed by atoms with E-state index in [4.69, 9.17) is 21.1 Å². The largest absolute Gasteiger partial charge is 0.493 e. The van der Waals surface area contributed by atoms with Crippen molar-refractivity contribution in [2.45, 2.75) is 26.2 Å². The average Bonchev–Trinajstić information content (AvgIpc) is 2.57. The zero-order valence-electron chi connectivity index (χ0n) is 14.2. The van der Waals surface area contributed by atoms with Gasteiger partial charge in [-0.05, 0) is 57.3 Å². The molecule has 0 aliphatic carbocycles. The first-order chi connectivity index (χ1) is 11.2. The number of carbonyl (C=O) groups excluding carboxylic acids is 1. The van der Waals surface area contributed by atoms with Gasteiger partial charge in [-0.3, -0.25) is 4.79 Å². The molecule has 2 rings (SSSR count). The molecule has 24 heavy (non-hydrogen) atoms. The molecular formula is C17H26Cl2N2O3. The molecule has 1 aliphatic heterocycles. The number of rotatable bonds is 7. The molecule has 136 valence electrons. The zero-order chi connectivity index (χ0) is 16.7. The predicted molar refractivity (Wildman–Crippen MR) is 99.0 cm³/mol. The predicted octanol–water partition coefficient (Wildman–Crippen LogP) is 3.29. The summed E-state index contributed by atoms with van der Waals surface area (Å²) in [5.74, 6) is 1.45. The Hall–Kier alpha value is -1.17. The summed E-state index contributed by atoms with van der Waals surface area (Å²) in [6, 6.07) is 3.28. The molecule has 1 saturated heterocycles. The van der Waals surface area contributed by atoms with Crippen molar-refractivity contribution in [2.24, 2.45) is 5.92 Å². The quantitative estimate of drug-likeness (QED) is 0.766. The molecule has 0 aromatic heterocycles. The number of benzene rings is 1. The fourth-order valence-corrected chi connectivity index (χ4v) is 3.06. The van der Waals surface area contributed by atoms with Gasteiger partial charge in [0.1, 0.15) is 0 Å². The molecule has 0 bridgehead atoms. The van der Waals surface area contributed by atoms with E-state index in [1.807, 2.05) is 6.92 Å². The van der Waals surface area contributed by atoms with E-state index >= 15 is 0 Å². The first-order valence-electron chi connectivity index (χ1n) is 8.15. The van der Waals surface area contributed by atoms with Crippen molar-refractivity contribution in [1.29, 1.82) is 0 Å². The van der Waals surface area contributed by atoms with Crippen LogP contribution in [0.2, 0.25) is 5.02 Å². The third-order valence-electron chi connectivity index (χ3n) is 4.02. The summed E-state index contributed by atoms with van der Waals surface area (Å²) in [4.78, 5) is 12.3. The molecule has 1 aromatic rings. The summed E-state index contributed by atoms with van der Waals surface area (Å²) < 4.78 is 10.7. The Morgan fingerprint density at radius 1 is 1.46 bits per heavy atom. The Morgan fingerprint density at radius 2 is 2.25 bits per heavy atom. The molecule has 5 nitrogen and oxygen atoms in total. The number of halogens is 2. The molecule has 7 heteroatoms. The van der Waals surface area contributed by atoms with Crippen LogP contribution in [0.3, 0.4) is 0 Å². The van der Waals surface area contributed by atoms with Crippen molar-refractivity contribution < 1.29 is 14.3 Å². The fourth-order valence-electron chi connectivity index (χ4n) is 2.80. The van der Waals surface area contributed by atoms with E-state index in [1.165, 1.54) is 20.0 Å². The Labute approximate surface area is 154 Å². The van der Waals surface area contributed by atoms with Gasteiger partial charge in [0.25, 0.3) is 5.91 Å². The summed E-state index contributed by atoms with van der Waals surface area (Å²) in [5.41, 5.74) is 0.483. The second kappa shape index (κ2) is 10.6. The summed E-state index contributed by atoms with van der Waals surface area (Å²) in [6.45, 7) is 5.16. The molecular weight excluding hydrogens is 351 g/mol. The Balaban J connectivity index is 0.00000288. The molecule has 1 atom stereocenters. The topological polar surface area (TPSA) is 59.6 Å². The van der Waals surface area contributed by atoms with Gasteiger partial charge in [0.2, 0.25) is 0 Å². The summed E-state index contributed by atoms with van der Waals surface area (Å²) in [7, 11) is 1.53. The van der Waals surface area contributed by atoms with E-state index in [0.29, 0.717) is 41.2 Å². The lowest BCUT2D eigenvalue weighted by Crippen LogP contribution is -2.33. The number of hydrogen-bond acceptors (Lipinski definition) is 4. The Bertz CT molecular complexity index is 535. The second-order valence-corrected chi connectivity index (χ2v) is 6.09. The van der Waals surface area contributed by atoms with Crippen LogP contribution in [0.25, 0.3) is 0 Å². The minimum absolute atomic E-state index is 0. The van der Waals surface area contributed by atoms with E-state index < -0.39 is 0 Å². The van der Waals surface area contributed by atoms with Crippen molar-refractivity contribution in [3.05, 3.63) is 22.7 Å². The maximum Gasteiger partial charge on any atom is 0.251 e. The zero-order valence-corrected chi connectivity index (χ0v) is 15.8. The maximum atomic E-state index is 12.3. The molecule has 2 N–H and O–H groups in total. The Morgan fingerprint density at radius 3 is 2.88 bits per heavy atom. The lowest BCUT2D eigenvalue weighted by Gasteiger charge is -2.22. The van der Waals surface area contributed by atoms with Gasteiger partial charge in [0.05, 0.1) is 18.7 Å². The highest BCUT2D eigenvalue weighted by Gasteiger charge is 2.17. The van der Waals surface area contributed by atoms with Crippen LogP contribution in [0.15, 0.2) is 12.1 Å². The highest BCUT2D eigenvalue weighted by Crippen LogP contribution is 2.36. The van der Waals surface area contributed by atoms with Gasteiger partial charge in [-0.2, -0.15) is 0 Å². The van der Waals surface area contributed by atoms with Gasteiger partial charge >= 0.3 is 0 Å². The summed E-state index contributed by atoms with van der Waals surface area (Å²) in [5, 5.41) is 6.72. The van der Waals surface area contributed by atoms with E-state index in [2.05, 4.69) is 10.6 Å². The van der Waals surface area contributed by atoms with E-state index in [0.717, 1.165) is 19.5 Å². The number of piperidine rings is 1. The molecule has 0 saturated carbocycles.